The Morgan fingerprint density at radius 3 is 2.44 bits per heavy atom. The Kier molecular flexibility index (Phi) is 6.49. The number of amides is 1. The lowest BCUT2D eigenvalue weighted by atomic mass is 10.2. The first-order valence-electron chi connectivity index (χ1n) is 8.74. The molecular formula is C20H14ClF4N5O2. The number of primary amides is 1. The number of hydrogen-bond acceptors (Lipinski definition) is 4. The molecule has 0 saturated carbocycles. The normalized spacial score (nSPS) is 11.8. The number of nitrogens with one attached hydrogen (secondary N) is 1. The Morgan fingerprint density at radius 2 is 1.78 bits per heavy atom. The zero-order chi connectivity index (χ0) is 23.5. The molecule has 12 heteroatoms. The number of rotatable bonds is 5. The minimum Gasteiger partial charge on any atom is -0.457 e. The maximum Gasteiger partial charge on any atom is 0.417 e. The topological polar surface area (TPSA) is 116 Å². The third-order valence-electron chi connectivity index (χ3n) is 3.92. The summed E-state index contributed by atoms with van der Waals surface area (Å²) in [6.07, 6.45) is -3.35. The lowest BCUT2D eigenvalue weighted by molar-refractivity contribution is -0.137. The molecule has 0 spiro atoms. The first-order valence-corrected chi connectivity index (χ1v) is 9.12. The lowest BCUT2D eigenvalue weighted by Crippen LogP contribution is -2.22. The van der Waals surface area contributed by atoms with Crippen LogP contribution in [0.5, 0.6) is 11.5 Å². The van der Waals surface area contributed by atoms with E-state index in [2.05, 4.69) is 15.3 Å². The minimum atomic E-state index is -4.66. The summed E-state index contributed by atoms with van der Waals surface area (Å²) in [6, 6.07) is 9.45. The largest absolute Gasteiger partial charge is 0.457 e. The second kappa shape index (κ2) is 9.10. The smallest absolute Gasteiger partial charge is 0.417 e. The van der Waals surface area contributed by atoms with Crippen molar-refractivity contribution in [3.8, 4) is 11.5 Å². The fourth-order valence-electron chi connectivity index (χ4n) is 2.51. The molecule has 0 radical (unpaired) electrons. The Bertz CT molecular complexity index is 1200. The number of nitrogens with zero attached hydrogens (tertiary/aromatic N) is 2. The van der Waals surface area contributed by atoms with Crippen molar-refractivity contribution in [1.82, 2.24) is 4.98 Å². The van der Waals surface area contributed by atoms with Crippen LogP contribution < -0.4 is 21.5 Å². The van der Waals surface area contributed by atoms with Crippen LogP contribution in [-0.4, -0.2) is 16.9 Å². The molecule has 0 fully saturated rings. The number of guanidine groups is 1. The van der Waals surface area contributed by atoms with Gasteiger partial charge in [-0.3, -0.25) is 9.78 Å². The molecule has 3 rings (SSSR count). The van der Waals surface area contributed by atoms with Crippen molar-refractivity contribution in [1.29, 1.82) is 0 Å². The number of nitrogens with two attached hydrogens (primary N) is 2. The van der Waals surface area contributed by atoms with Crippen molar-refractivity contribution in [2.24, 2.45) is 16.5 Å². The van der Waals surface area contributed by atoms with Gasteiger partial charge in [0.25, 0.3) is 5.91 Å². The predicted octanol–water partition coefficient (Wildman–Crippen LogP) is 4.84. The average Bonchev–Trinajstić information content (AvgIpc) is 2.71. The predicted molar refractivity (Wildman–Crippen MR) is 111 cm³/mol. The first-order chi connectivity index (χ1) is 15.0. The van der Waals surface area contributed by atoms with E-state index < -0.39 is 28.5 Å². The van der Waals surface area contributed by atoms with Crippen molar-refractivity contribution < 1.29 is 27.1 Å². The van der Waals surface area contributed by atoms with Crippen molar-refractivity contribution >= 4 is 34.8 Å². The van der Waals surface area contributed by atoms with Gasteiger partial charge in [0.1, 0.15) is 22.9 Å². The minimum absolute atomic E-state index is 0.0288. The number of benzene rings is 2. The number of pyridine rings is 1. The van der Waals surface area contributed by atoms with Gasteiger partial charge >= 0.3 is 6.18 Å². The molecule has 1 heterocycles. The fraction of sp³-hybridized carbons (Fsp3) is 0.0500. The van der Waals surface area contributed by atoms with E-state index in [0.29, 0.717) is 0 Å². The van der Waals surface area contributed by atoms with E-state index in [9.17, 15) is 22.4 Å². The van der Waals surface area contributed by atoms with Gasteiger partial charge < -0.3 is 21.5 Å². The molecule has 0 unspecified atom stereocenters. The van der Waals surface area contributed by atoms with Crippen LogP contribution in [0.1, 0.15) is 16.1 Å². The Balaban J connectivity index is 1.76. The molecule has 0 saturated heterocycles. The second-order valence-electron chi connectivity index (χ2n) is 6.27. The van der Waals surface area contributed by atoms with Crippen LogP contribution in [-0.2, 0) is 6.18 Å². The maximum absolute atomic E-state index is 14.4. The molecule has 166 valence electrons. The Hall–Kier alpha value is -3.86. The summed E-state index contributed by atoms with van der Waals surface area (Å²) >= 11 is 5.57. The summed E-state index contributed by atoms with van der Waals surface area (Å²) < 4.78 is 58.7. The number of anilines is 1. The molecule has 1 aromatic heterocycles. The molecule has 0 aliphatic rings. The molecule has 0 aliphatic heterocycles. The van der Waals surface area contributed by atoms with Gasteiger partial charge in [0.2, 0.25) is 0 Å². The van der Waals surface area contributed by atoms with Gasteiger partial charge in [-0.15, -0.1) is 0 Å². The summed E-state index contributed by atoms with van der Waals surface area (Å²) in [5.74, 6) is -1.63. The molecule has 0 aliphatic carbocycles. The zero-order valence-electron chi connectivity index (χ0n) is 16.0. The molecule has 7 nitrogen and oxygen atoms in total. The summed E-state index contributed by atoms with van der Waals surface area (Å²) in [6.45, 7) is 0. The van der Waals surface area contributed by atoms with Crippen LogP contribution in [0.4, 0.5) is 28.9 Å². The molecule has 2 aromatic carbocycles. The summed E-state index contributed by atoms with van der Waals surface area (Å²) in [5, 5.41) is 1.97. The van der Waals surface area contributed by atoms with Crippen molar-refractivity contribution in [3.05, 3.63) is 76.8 Å². The van der Waals surface area contributed by atoms with E-state index in [4.69, 9.17) is 27.8 Å². The highest BCUT2D eigenvalue weighted by Gasteiger charge is 2.33. The van der Waals surface area contributed by atoms with E-state index in [1.165, 1.54) is 36.5 Å². The average molecular weight is 468 g/mol. The van der Waals surface area contributed by atoms with Crippen molar-refractivity contribution in [3.63, 3.8) is 0 Å². The molecule has 1 amide bonds. The second-order valence-corrected chi connectivity index (χ2v) is 6.68. The number of aromatic nitrogens is 1. The van der Waals surface area contributed by atoms with Gasteiger partial charge in [-0.2, -0.15) is 13.2 Å². The number of hydrogen-bond donors (Lipinski definition) is 3. The molecule has 0 atom stereocenters. The monoisotopic (exact) mass is 467 g/mol. The quantitative estimate of drug-likeness (QED) is 0.282. The van der Waals surface area contributed by atoms with Crippen LogP contribution in [0.25, 0.3) is 0 Å². The summed E-state index contributed by atoms with van der Waals surface area (Å²) in [7, 11) is 0. The maximum atomic E-state index is 14.4. The third-order valence-corrected chi connectivity index (χ3v) is 4.25. The number of alkyl halides is 3. The zero-order valence-corrected chi connectivity index (χ0v) is 16.7. The summed E-state index contributed by atoms with van der Waals surface area (Å²) in [4.78, 5) is 18.8. The number of ether oxygens (including phenoxy) is 1. The third kappa shape index (κ3) is 5.64. The van der Waals surface area contributed by atoms with E-state index in [1.54, 1.807) is 0 Å². The number of carbonyl (C=O) groups is 1. The van der Waals surface area contributed by atoms with E-state index >= 15 is 0 Å². The Morgan fingerprint density at radius 1 is 1.06 bits per heavy atom. The van der Waals surface area contributed by atoms with E-state index in [0.717, 1.165) is 18.2 Å². The van der Waals surface area contributed by atoms with Gasteiger partial charge in [-0.05, 0) is 36.4 Å². The molecule has 0 bridgehead atoms. The SMILES string of the molecule is NC(=O)c1cc(Oc2ccc(N=C(N)Nc3ccc(Cl)c(C(F)(F)F)c3)c(F)c2)ccn1. The highest BCUT2D eigenvalue weighted by Crippen LogP contribution is 2.36. The van der Waals surface area contributed by atoms with Crippen LogP contribution in [0.2, 0.25) is 5.02 Å². The lowest BCUT2D eigenvalue weighted by Gasteiger charge is -2.12. The van der Waals surface area contributed by atoms with Gasteiger partial charge in [-0.25, -0.2) is 9.38 Å². The van der Waals surface area contributed by atoms with Crippen LogP contribution in [0, 0.1) is 5.82 Å². The van der Waals surface area contributed by atoms with Gasteiger partial charge in [0.15, 0.2) is 11.8 Å². The Labute approximate surface area is 183 Å². The van der Waals surface area contributed by atoms with Gasteiger partial charge in [0.05, 0.1) is 10.6 Å². The molecule has 3 aromatic rings. The van der Waals surface area contributed by atoms with Crippen molar-refractivity contribution in [2.45, 2.75) is 6.18 Å². The summed E-state index contributed by atoms with van der Waals surface area (Å²) in [5.41, 5.74) is 9.52. The molecular weight excluding hydrogens is 454 g/mol. The number of halogens is 5. The molecule has 32 heavy (non-hydrogen) atoms. The van der Waals surface area contributed by atoms with E-state index in [-0.39, 0.29) is 34.5 Å². The highest BCUT2D eigenvalue weighted by atomic mass is 35.5. The van der Waals surface area contributed by atoms with Crippen LogP contribution >= 0.6 is 11.6 Å². The first kappa shape index (κ1) is 22.8. The van der Waals surface area contributed by atoms with Gasteiger partial charge in [0, 0.05) is 24.0 Å². The fourth-order valence-corrected chi connectivity index (χ4v) is 2.74. The van der Waals surface area contributed by atoms with Crippen molar-refractivity contribution in [2.75, 3.05) is 5.32 Å². The van der Waals surface area contributed by atoms with Crippen LogP contribution in [0.15, 0.2) is 59.7 Å². The van der Waals surface area contributed by atoms with Gasteiger partial charge in [-0.1, -0.05) is 11.6 Å². The van der Waals surface area contributed by atoms with Crippen LogP contribution in [0.3, 0.4) is 0 Å². The highest BCUT2D eigenvalue weighted by molar-refractivity contribution is 6.31. The molecule has 5 N–H and O–H groups in total. The number of aliphatic imine (C=N–C) groups is 1. The number of carbonyl (C=O) groups excluding carboxylic acids is 1. The standard InChI is InChI=1S/C20H14ClF4N5O2/c21-14-3-1-10(7-13(14)20(23,24)25)29-19(27)30-16-4-2-11(8-15(16)22)32-12-5-6-28-17(9-12)18(26)31/h1-9H,(H2,26,31)(H3,27,29,30). The van der Waals surface area contributed by atoms with E-state index in [1.807, 2.05) is 0 Å².